The Morgan fingerprint density at radius 3 is 1.63 bits per heavy atom. The van der Waals surface area contributed by atoms with Gasteiger partial charge < -0.3 is 9.97 Å². The van der Waals surface area contributed by atoms with Crippen LogP contribution in [-0.4, -0.2) is 19.9 Å². The van der Waals surface area contributed by atoms with Gasteiger partial charge >= 0.3 is 0 Å². The minimum Gasteiger partial charge on any atom is -0.355 e. The van der Waals surface area contributed by atoms with Gasteiger partial charge in [0.1, 0.15) is 0 Å². The fourth-order valence-electron chi connectivity index (χ4n) is 7.88. The first-order valence-electron chi connectivity index (χ1n) is 16.7. The summed E-state index contributed by atoms with van der Waals surface area (Å²) in [7, 11) is 0. The molecule has 4 nitrogen and oxygen atoms in total. The Bertz CT molecular complexity index is 1730. The Hall–Kier alpha value is -2.67. The lowest BCUT2D eigenvalue weighted by atomic mass is 9.84. The maximum Gasteiger partial charge on any atom is 0.0693 e. The molecule has 0 fully saturated rings. The lowest BCUT2D eigenvalue weighted by Crippen LogP contribution is -2.05. The molecule has 2 aliphatic rings. The zero-order valence-electron chi connectivity index (χ0n) is 27.5. The van der Waals surface area contributed by atoms with Crippen molar-refractivity contribution in [2.24, 2.45) is 0 Å². The van der Waals surface area contributed by atoms with Crippen LogP contribution in [0.25, 0.3) is 39.3 Å². The third kappa shape index (κ3) is 5.44. The lowest BCUT2D eigenvalue weighted by molar-refractivity contribution is 0.532. The number of fused-ring (bicyclic) bond motifs is 8. The second-order valence-electron chi connectivity index (χ2n) is 11.8. The predicted octanol–water partition coefficient (Wildman–Crippen LogP) is 11.4. The van der Waals surface area contributed by atoms with E-state index in [2.05, 4.69) is 116 Å². The summed E-state index contributed by atoms with van der Waals surface area (Å²) in [6.45, 7) is 18.3. The molecule has 0 aliphatic carbocycles. The summed E-state index contributed by atoms with van der Waals surface area (Å²) >= 11 is 2.37. The lowest BCUT2D eigenvalue weighted by Gasteiger charge is -2.18. The van der Waals surface area contributed by atoms with Crippen molar-refractivity contribution in [2.45, 2.75) is 119 Å². The summed E-state index contributed by atoms with van der Waals surface area (Å²) in [4.78, 5) is 18.7. The predicted molar refractivity (Wildman–Crippen MR) is 195 cm³/mol. The number of hydrogen-bond donors (Lipinski definition) is 2. The van der Waals surface area contributed by atoms with E-state index in [1.54, 1.807) is 0 Å². The number of aromatic nitrogens is 4. The van der Waals surface area contributed by atoms with Crippen LogP contribution in [0.1, 0.15) is 144 Å². The molecule has 0 amide bonds. The van der Waals surface area contributed by atoms with E-state index in [-0.39, 0.29) is 0 Å². The van der Waals surface area contributed by atoms with Crippen molar-refractivity contribution < 1.29 is 0 Å². The van der Waals surface area contributed by atoms with Crippen molar-refractivity contribution in [2.75, 3.05) is 0 Å². The number of rotatable bonds is 9. The zero-order chi connectivity index (χ0) is 30.8. The molecule has 3 aromatic heterocycles. The summed E-state index contributed by atoms with van der Waals surface area (Å²) < 4.78 is 2.15. The van der Waals surface area contributed by atoms with Gasteiger partial charge in [-0.1, -0.05) is 78.0 Å². The highest BCUT2D eigenvalue weighted by Crippen LogP contribution is 2.44. The highest BCUT2D eigenvalue weighted by molar-refractivity contribution is 14.1. The number of aryl methyl sites for hydroxylation is 4. The Labute approximate surface area is 272 Å². The number of aromatic amines is 2. The van der Waals surface area contributed by atoms with Gasteiger partial charge in [-0.25, -0.2) is 4.98 Å². The van der Waals surface area contributed by atoms with E-state index in [0.717, 1.165) is 62.8 Å². The van der Waals surface area contributed by atoms with E-state index in [0.29, 0.717) is 11.8 Å². The quantitative estimate of drug-likeness (QED) is 0.220. The van der Waals surface area contributed by atoms with Crippen molar-refractivity contribution in [3.8, 4) is 0 Å². The highest BCUT2D eigenvalue weighted by Gasteiger charge is 2.32. The zero-order valence-corrected chi connectivity index (χ0v) is 29.6. The molecule has 0 aromatic carbocycles. The van der Waals surface area contributed by atoms with Crippen molar-refractivity contribution in [1.82, 2.24) is 19.9 Å². The maximum absolute atomic E-state index is 5.53. The van der Waals surface area contributed by atoms with Gasteiger partial charge in [0.2, 0.25) is 0 Å². The van der Waals surface area contributed by atoms with Crippen LogP contribution in [0.4, 0.5) is 0 Å². The molecule has 5 heteroatoms. The van der Waals surface area contributed by atoms with Crippen molar-refractivity contribution in [3.63, 3.8) is 0 Å². The van der Waals surface area contributed by atoms with E-state index in [1.165, 1.54) is 72.4 Å². The van der Waals surface area contributed by atoms with Crippen molar-refractivity contribution in [1.29, 1.82) is 0 Å². The molecule has 43 heavy (non-hydrogen) atoms. The monoisotopic (exact) mass is 688 g/mol. The summed E-state index contributed by atoms with van der Waals surface area (Å²) in [5, 5.41) is 0. The number of nitrogens with zero attached hydrogens (tertiary/aromatic N) is 2. The van der Waals surface area contributed by atoms with Crippen molar-refractivity contribution in [3.05, 3.63) is 72.9 Å². The fourth-order valence-corrected chi connectivity index (χ4v) is 8.24. The second-order valence-corrected chi connectivity index (χ2v) is 12.6. The molecule has 0 saturated carbocycles. The molecule has 0 unspecified atom stereocenters. The normalized spacial score (nSPS) is 17.0. The van der Waals surface area contributed by atoms with Crippen LogP contribution in [0.15, 0.2) is 22.3 Å². The first-order chi connectivity index (χ1) is 20.9. The highest BCUT2D eigenvalue weighted by atomic mass is 127. The Kier molecular flexibility index (Phi) is 10.00. The molecular formula is C38H49IN4. The summed E-state index contributed by atoms with van der Waals surface area (Å²) in [6, 6.07) is 7.04. The summed E-state index contributed by atoms with van der Waals surface area (Å²) in [5.41, 5.74) is 19.1. The van der Waals surface area contributed by atoms with Crippen LogP contribution >= 0.6 is 22.6 Å². The molecule has 228 valence electrons. The molecule has 3 aromatic rings. The van der Waals surface area contributed by atoms with E-state index in [1.807, 2.05) is 0 Å². The smallest absolute Gasteiger partial charge is 0.0693 e. The number of hydrogen-bond acceptors (Lipinski definition) is 2. The van der Waals surface area contributed by atoms with E-state index in [4.69, 9.17) is 9.97 Å². The van der Waals surface area contributed by atoms with Gasteiger partial charge in [0.15, 0.2) is 0 Å². The van der Waals surface area contributed by atoms with Crippen LogP contribution in [0.3, 0.4) is 0 Å². The molecule has 2 aliphatic heterocycles. The average Bonchev–Trinajstić information content (AvgIpc) is 3.74. The van der Waals surface area contributed by atoms with Crippen LogP contribution in [0.2, 0.25) is 0 Å². The molecule has 8 bridgehead atoms. The molecule has 0 saturated heterocycles. The topological polar surface area (TPSA) is 57.4 Å². The average molecular weight is 689 g/mol. The van der Waals surface area contributed by atoms with Gasteiger partial charge in [-0.05, 0) is 113 Å². The minimum absolute atomic E-state index is 0.384. The van der Waals surface area contributed by atoms with Gasteiger partial charge in [-0.3, -0.25) is 4.98 Å². The van der Waals surface area contributed by atoms with E-state index in [9.17, 15) is 0 Å². The molecule has 0 spiro atoms. The van der Waals surface area contributed by atoms with Gasteiger partial charge in [0, 0.05) is 39.6 Å². The SMILES string of the molecule is CCC1=C(CC)c2cc3[nH]c(c(/C=C/I)c4nc(cc5[nH]c(cc1n2)c(CC)c5CC)[C@@H](CC)[C@@H]4CC)c(CC)c3CC. The Morgan fingerprint density at radius 1 is 0.628 bits per heavy atom. The van der Waals surface area contributed by atoms with Gasteiger partial charge in [0.05, 0.1) is 22.6 Å². The first kappa shape index (κ1) is 31.7. The second kappa shape index (κ2) is 13.5. The third-order valence-electron chi connectivity index (χ3n) is 9.85. The minimum atomic E-state index is 0.384. The molecule has 5 rings (SSSR count). The van der Waals surface area contributed by atoms with Crippen LogP contribution < -0.4 is 0 Å². The molecule has 2 atom stereocenters. The van der Waals surface area contributed by atoms with Crippen LogP contribution in [0, 0.1) is 0 Å². The van der Waals surface area contributed by atoms with Crippen molar-refractivity contribution >= 4 is 61.9 Å². The Balaban J connectivity index is 2.08. The number of H-pyrrole nitrogens is 2. The first-order valence-corrected chi connectivity index (χ1v) is 18.0. The van der Waals surface area contributed by atoms with Crippen LogP contribution in [-0.2, 0) is 25.7 Å². The molecule has 2 N–H and O–H groups in total. The summed E-state index contributed by atoms with van der Waals surface area (Å²) in [6.07, 6.45) is 10.3. The molecule has 0 radical (unpaired) electrons. The van der Waals surface area contributed by atoms with Gasteiger partial charge in [-0.15, -0.1) is 0 Å². The maximum atomic E-state index is 5.53. The standard InChI is InChI=1S/C38H49IN4/c1-9-22-24(11-3)33-20-35-26(13-5)28(15-7)37(42-35)30(17-18-39)38-29(16-8)27(14-6)36(43-38)21-34-25(12-4)23(10-2)32(41-34)19-31(22)40-33/h17-21,26,28,40,43H,9-16H2,1-8H3/b18-17+,31-19?,32-19?,33-20?,34-21?,35-20?,36-21?,37-30?,38-30?/t26-,28-/m0/s1. The van der Waals surface area contributed by atoms with Crippen LogP contribution in [0.5, 0.6) is 0 Å². The number of allylic oxidation sites excluding steroid dienone is 2. The van der Waals surface area contributed by atoms with Gasteiger partial charge in [0.25, 0.3) is 0 Å². The Morgan fingerprint density at radius 2 is 1.14 bits per heavy atom. The number of nitrogens with one attached hydrogen (secondary N) is 2. The summed E-state index contributed by atoms with van der Waals surface area (Å²) in [5.74, 6) is 0.780. The molecule has 5 heterocycles. The largest absolute Gasteiger partial charge is 0.355 e. The fraction of sp³-hybridized carbons (Fsp3) is 0.474. The third-order valence-corrected chi connectivity index (χ3v) is 10.2. The van der Waals surface area contributed by atoms with E-state index < -0.39 is 0 Å². The van der Waals surface area contributed by atoms with Gasteiger partial charge in [-0.2, -0.15) is 0 Å². The molecular weight excluding hydrogens is 639 g/mol. The number of halogens is 1. The van der Waals surface area contributed by atoms with E-state index >= 15 is 0 Å².